The smallest absolute Gasteiger partial charge is 0.395 e. The molecular formula is C10H9F5O. The first kappa shape index (κ1) is 12.7. The molecule has 0 aliphatic carbocycles. The number of alkyl halides is 3. The van der Waals surface area contributed by atoms with Crippen LogP contribution in [0.15, 0.2) is 12.1 Å². The average Bonchev–Trinajstić information content (AvgIpc) is 2.14. The molecule has 0 amide bonds. The Hall–Kier alpha value is -1.33. The van der Waals surface area contributed by atoms with E-state index in [1.54, 1.807) is 0 Å². The van der Waals surface area contributed by atoms with Crippen LogP contribution in [-0.2, 0) is 0 Å². The highest BCUT2D eigenvalue weighted by Gasteiger charge is 2.40. The van der Waals surface area contributed by atoms with Crippen molar-refractivity contribution < 1.29 is 26.7 Å². The predicted molar refractivity (Wildman–Crippen MR) is 47.4 cm³/mol. The van der Waals surface area contributed by atoms with Gasteiger partial charge in [0.1, 0.15) is 17.4 Å². The molecule has 1 aromatic carbocycles. The minimum atomic E-state index is -4.68. The van der Waals surface area contributed by atoms with E-state index in [4.69, 9.17) is 0 Å². The van der Waals surface area contributed by atoms with Crippen molar-refractivity contribution in [3.05, 3.63) is 29.3 Å². The summed E-state index contributed by atoms with van der Waals surface area (Å²) in [6, 6.07) is 1.45. The maximum atomic E-state index is 13.3. The molecule has 0 saturated heterocycles. The fourth-order valence-corrected chi connectivity index (χ4v) is 1.26. The Morgan fingerprint density at radius 2 is 1.56 bits per heavy atom. The molecule has 0 heterocycles. The van der Waals surface area contributed by atoms with E-state index in [1.165, 1.54) is 7.11 Å². The number of halogens is 5. The molecule has 1 unspecified atom stereocenters. The Labute approximate surface area is 88.8 Å². The Morgan fingerprint density at radius 1 is 1.12 bits per heavy atom. The van der Waals surface area contributed by atoms with Crippen LogP contribution in [-0.4, -0.2) is 13.3 Å². The van der Waals surface area contributed by atoms with Crippen molar-refractivity contribution >= 4 is 0 Å². The second kappa shape index (κ2) is 4.27. The van der Waals surface area contributed by atoms with E-state index in [1.807, 2.05) is 0 Å². The number of hydrogen-bond acceptors (Lipinski definition) is 1. The molecule has 0 aliphatic heterocycles. The largest absolute Gasteiger partial charge is 0.497 e. The van der Waals surface area contributed by atoms with Crippen molar-refractivity contribution in [2.24, 2.45) is 0 Å². The summed E-state index contributed by atoms with van der Waals surface area (Å²) >= 11 is 0. The van der Waals surface area contributed by atoms with Crippen LogP contribution in [0.1, 0.15) is 18.4 Å². The van der Waals surface area contributed by atoms with Gasteiger partial charge in [0, 0.05) is 17.7 Å². The predicted octanol–water partition coefficient (Wildman–Crippen LogP) is 3.64. The summed E-state index contributed by atoms with van der Waals surface area (Å²) in [6.07, 6.45) is -4.68. The van der Waals surface area contributed by atoms with Gasteiger partial charge < -0.3 is 4.74 Å². The van der Waals surface area contributed by atoms with Crippen molar-refractivity contribution in [1.29, 1.82) is 0 Å². The van der Waals surface area contributed by atoms with Crippen LogP contribution in [0.4, 0.5) is 22.0 Å². The zero-order valence-corrected chi connectivity index (χ0v) is 8.53. The van der Waals surface area contributed by atoms with Crippen molar-refractivity contribution in [3.8, 4) is 5.75 Å². The average molecular weight is 240 g/mol. The molecule has 0 aromatic heterocycles. The van der Waals surface area contributed by atoms with Crippen LogP contribution in [0.25, 0.3) is 0 Å². The molecular weight excluding hydrogens is 231 g/mol. The summed E-state index contributed by atoms with van der Waals surface area (Å²) in [6.45, 7) is 0.702. The summed E-state index contributed by atoms with van der Waals surface area (Å²) in [4.78, 5) is 0. The van der Waals surface area contributed by atoms with E-state index in [2.05, 4.69) is 4.74 Å². The van der Waals surface area contributed by atoms with Gasteiger partial charge in [0.2, 0.25) is 0 Å². The summed E-state index contributed by atoms with van der Waals surface area (Å²) < 4.78 is 68.0. The minimum absolute atomic E-state index is 0.159. The Morgan fingerprint density at radius 3 is 1.88 bits per heavy atom. The van der Waals surface area contributed by atoms with E-state index in [0.29, 0.717) is 6.92 Å². The lowest BCUT2D eigenvalue weighted by atomic mass is 9.99. The van der Waals surface area contributed by atoms with Gasteiger partial charge in [0.25, 0.3) is 0 Å². The van der Waals surface area contributed by atoms with Gasteiger partial charge in [-0.25, -0.2) is 8.78 Å². The quantitative estimate of drug-likeness (QED) is 0.717. The summed E-state index contributed by atoms with van der Waals surface area (Å²) in [7, 11) is 1.17. The maximum absolute atomic E-state index is 13.3. The van der Waals surface area contributed by atoms with E-state index < -0.39 is 29.3 Å². The van der Waals surface area contributed by atoms with Gasteiger partial charge in [-0.3, -0.25) is 0 Å². The highest BCUT2D eigenvalue weighted by Crippen LogP contribution is 2.37. The molecule has 0 saturated carbocycles. The number of methoxy groups -OCH3 is 1. The number of rotatable bonds is 2. The first-order valence-electron chi connectivity index (χ1n) is 4.37. The lowest BCUT2D eigenvalue weighted by molar-refractivity contribution is -0.147. The van der Waals surface area contributed by atoms with Crippen LogP contribution in [0.3, 0.4) is 0 Å². The van der Waals surface area contributed by atoms with Gasteiger partial charge in [-0.1, -0.05) is 0 Å². The lowest BCUT2D eigenvalue weighted by Gasteiger charge is -2.17. The minimum Gasteiger partial charge on any atom is -0.497 e. The first-order chi connectivity index (χ1) is 7.27. The van der Waals surface area contributed by atoms with Gasteiger partial charge in [-0.05, 0) is 6.92 Å². The monoisotopic (exact) mass is 240 g/mol. The molecule has 0 spiro atoms. The molecule has 0 bridgehead atoms. The molecule has 0 N–H and O–H groups in total. The van der Waals surface area contributed by atoms with Crippen LogP contribution < -0.4 is 4.74 Å². The van der Waals surface area contributed by atoms with Crippen molar-refractivity contribution in [2.45, 2.75) is 19.0 Å². The van der Waals surface area contributed by atoms with Crippen molar-refractivity contribution in [3.63, 3.8) is 0 Å². The van der Waals surface area contributed by atoms with Crippen LogP contribution in [0.5, 0.6) is 5.75 Å². The Kier molecular flexibility index (Phi) is 3.40. The van der Waals surface area contributed by atoms with Gasteiger partial charge in [-0.15, -0.1) is 0 Å². The molecule has 1 rings (SSSR count). The SMILES string of the molecule is COc1cc(F)c(C(C)C(F)(F)F)c(F)c1. The fraction of sp³-hybridized carbons (Fsp3) is 0.400. The molecule has 0 radical (unpaired) electrons. The van der Waals surface area contributed by atoms with Gasteiger partial charge in [0.05, 0.1) is 13.0 Å². The molecule has 16 heavy (non-hydrogen) atoms. The third-order valence-corrected chi connectivity index (χ3v) is 2.21. The molecule has 6 heteroatoms. The highest BCUT2D eigenvalue weighted by atomic mass is 19.4. The summed E-state index contributed by atoms with van der Waals surface area (Å²) in [5, 5.41) is 0. The van der Waals surface area contributed by atoms with Crippen LogP contribution >= 0.6 is 0 Å². The molecule has 0 fully saturated rings. The van der Waals surface area contributed by atoms with E-state index in [0.717, 1.165) is 12.1 Å². The standard InChI is InChI=1S/C10H9F5O/c1-5(10(13,14)15)9-7(11)3-6(16-2)4-8(9)12/h3-5H,1-2H3. The zero-order valence-electron chi connectivity index (χ0n) is 8.53. The topological polar surface area (TPSA) is 9.23 Å². The van der Waals surface area contributed by atoms with Crippen LogP contribution in [0.2, 0.25) is 0 Å². The fourth-order valence-electron chi connectivity index (χ4n) is 1.26. The Bertz CT molecular complexity index is 362. The third-order valence-electron chi connectivity index (χ3n) is 2.21. The van der Waals surface area contributed by atoms with E-state index in [-0.39, 0.29) is 5.75 Å². The van der Waals surface area contributed by atoms with Gasteiger partial charge in [0.15, 0.2) is 0 Å². The second-order valence-corrected chi connectivity index (χ2v) is 3.27. The number of ether oxygens (including phenoxy) is 1. The third kappa shape index (κ3) is 2.43. The summed E-state index contributed by atoms with van der Waals surface area (Å²) in [5.41, 5.74) is -0.992. The highest BCUT2D eigenvalue weighted by molar-refractivity contribution is 5.33. The molecule has 0 aliphatic rings. The van der Waals surface area contributed by atoms with Crippen molar-refractivity contribution in [2.75, 3.05) is 7.11 Å². The molecule has 1 nitrogen and oxygen atoms in total. The molecule has 90 valence electrons. The van der Waals surface area contributed by atoms with E-state index >= 15 is 0 Å². The first-order valence-corrected chi connectivity index (χ1v) is 4.37. The van der Waals surface area contributed by atoms with Gasteiger partial charge >= 0.3 is 6.18 Å². The van der Waals surface area contributed by atoms with Gasteiger partial charge in [-0.2, -0.15) is 13.2 Å². The molecule has 1 aromatic rings. The summed E-state index contributed by atoms with van der Waals surface area (Å²) in [5.74, 6) is -4.88. The lowest BCUT2D eigenvalue weighted by Crippen LogP contribution is -2.20. The Balaban J connectivity index is 3.25. The van der Waals surface area contributed by atoms with Crippen molar-refractivity contribution in [1.82, 2.24) is 0 Å². The maximum Gasteiger partial charge on any atom is 0.395 e. The molecule has 1 atom stereocenters. The van der Waals surface area contributed by atoms with E-state index in [9.17, 15) is 22.0 Å². The zero-order chi connectivity index (χ0) is 12.5. The van der Waals surface area contributed by atoms with Crippen LogP contribution in [0, 0.1) is 11.6 Å². The normalized spacial score (nSPS) is 13.7. The number of hydrogen-bond donors (Lipinski definition) is 0. The second-order valence-electron chi connectivity index (χ2n) is 3.27. The number of benzene rings is 1.